The summed E-state index contributed by atoms with van der Waals surface area (Å²) in [6.45, 7) is 2.72. The molecule has 1 aromatic carbocycles. The Morgan fingerprint density at radius 2 is 2.33 bits per heavy atom. The highest BCUT2D eigenvalue weighted by Crippen LogP contribution is 2.26. The Morgan fingerprint density at radius 1 is 1.39 bits per heavy atom. The highest BCUT2D eigenvalue weighted by molar-refractivity contribution is 5.94. The number of fused-ring (bicyclic) bond motifs is 1. The van der Waals surface area contributed by atoms with Crippen LogP contribution in [0.1, 0.15) is 18.4 Å². The molecule has 1 amide bonds. The average molecular weight is 246 g/mol. The summed E-state index contributed by atoms with van der Waals surface area (Å²) in [4.78, 5) is 11.3. The number of anilines is 2. The van der Waals surface area contributed by atoms with Gasteiger partial charge in [-0.1, -0.05) is 0 Å². The first-order valence-corrected chi connectivity index (χ1v) is 6.55. The molecule has 0 bridgehead atoms. The Bertz CT molecular complexity index is 453. The van der Waals surface area contributed by atoms with E-state index in [1.807, 2.05) is 12.1 Å². The van der Waals surface area contributed by atoms with Crippen molar-refractivity contribution in [3.05, 3.63) is 23.8 Å². The smallest absolute Gasteiger partial charge is 0.224 e. The lowest BCUT2D eigenvalue weighted by atomic mass is 10.0. The Hall–Kier alpha value is -1.55. The number of nitrogens with one attached hydrogen (secondary N) is 2. The number of hydrogen-bond acceptors (Lipinski definition) is 3. The van der Waals surface area contributed by atoms with Crippen molar-refractivity contribution in [1.82, 2.24) is 0 Å². The van der Waals surface area contributed by atoms with Gasteiger partial charge < -0.3 is 15.4 Å². The van der Waals surface area contributed by atoms with E-state index in [4.69, 9.17) is 4.74 Å². The summed E-state index contributed by atoms with van der Waals surface area (Å²) in [7, 11) is 0. The quantitative estimate of drug-likeness (QED) is 0.858. The molecule has 0 saturated carbocycles. The number of rotatable bonds is 3. The van der Waals surface area contributed by atoms with Crippen molar-refractivity contribution in [3.8, 4) is 0 Å². The molecular formula is C14H18N2O2. The second kappa shape index (κ2) is 4.98. The van der Waals surface area contributed by atoms with E-state index >= 15 is 0 Å². The lowest BCUT2D eigenvalue weighted by Gasteiger charge is -2.18. The Balaban J connectivity index is 1.64. The predicted molar refractivity (Wildman–Crippen MR) is 70.8 cm³/mol. The second-order valence-corrected chi connectivity index (χ2v) is 5.03. The first-order valence-electron chi connectivity index (χ1n) is 6.55. The van der Waals surface area contributed by atoms with Crippen LogP contribution < -0.4 is 10.6 Å². The van der Waals surface area contributed by atoms with Gasteiger partial charge in [-0.05, 0) is 36.6 Å². The van der Waals surface area contributed by atoms with Gasteiger partial charge in [0.05, 0.1) is 6.61 Å². The fourth-order valence-corrected chi connectivity index (χ4v) is 2.50. The first kappa shape index (κ1) is 11.5. The van der Waals surface area contributed by atoms with Crippen molar-refractivity contribution in [1.29, 1.82) is 0 Å². The molecule has 4 heteroatoms. The van der Waals surface area contributed by atoms with Gasteiger partial charge in [0.1, 0.15) is 0 Å². The minimum absolute atomic E-state index is 0.117. The third-order valence-electron chi connectivity index (χ3n) is 3.62. The summed E-state index contributed by atoms with van der Waals surface area (Å²) < 4.78 is 5.36. The Kier molecular flexibility index (Phi) is 3.19. The fourth-order valence-electron chi connectivity index (χ4n) is 2.50. The molecule has 1 fully saturated rings. The fraction of sp³-hybridized carbons (Fsp3) is 0.500. The van der Waals surface area contributed by atoms with E-state index in [1.54, 1.807) is 0 Å². The van der Waals surface area contributed by atoms with Crippen LogP contribution in [-0.2, 0) is 16.0 Å². The number of carbonyl (C=O) groups is 1. The number of hydrogen-bond donors (Lipinski definition) is 2. The van der Waals surface area contributed by atoms with Crippen molar-refractivity contribution in [2.45, 2.75) is 19.3 Å². The van der Waals surface area contributed by atoms with Gasteiger partial charge in [-0.15, -0.1) is 0 Å². The van der Waals surface area contributed by atoms with Gasteiger partial charge in [0.15, 0.2) is 0 Å². The van der Waals surface area contributed by atoms with Crippen molar-refractivity contribution in [2.75, 3.05) is 30.4 Å². The topological polar surface area (TPSA) is 50.4 Å². The summed E-state index contributed by atoms with van der Waals surface area (Å²) in [5, 5.41) is 6.35. The van der Waals surface area contributed by atoms with E-state index in [1.165, 1.54) is 5.56 Å². The molecule has 2 heterocycles. The van der Waals surface area contributed by atoms with Gasteiger partial charge in [-0.3, -0.25) is 4.79 Å². The van der Waals surface area contributed by atoms with Gasteiger partial charge in [0.2, 0.25) is 5.91 Å². The van der Waals surface area contributed by atoms with Crippen molar-refractivity contribution in [3.63, 3.8) is 0 Å². The van der Waals surface area contributed by atoms with Gasteiger partial charge in [-0.2, -0.15) is 0 Å². The minimum Gasteiger partial charge on any atom is -0.385 e. The molecule has 0 aliphatic carbocycles. The van der Waals surface area contributed by atoms with Crippen LogP contribution in [0.5, 0.6) is 0 Å². The van der Waals surface area contributed by atoms with Gasteiger partial charge in [0, 0.05) is 36.9 Å². The molecule has 1 unspecified atom stereocenters. The van der Waals surface area contributed by atoms with Crippen LogP contribution in [0.2, 0.25) is 0 Å². The van der Waals surface area contributed by atoms with Gasteiger partial charge >= 0.3 is 0 Å². The highest BCUT2D eigenvalue weighted by Gasteiger charge is 2.17. The van der Waals surface area contributed by atoms with E-state index in [9.17, 15) is 4.79 Å². The van der Waals surface area contributed by atoms with E-state index in [2.05, 4.69) is 16.7 Å². The number of aryl methyl sites for hydroxylation is 1. The third-order valence-corrected chi connectivity index (χ3v) is 3.62. The molecule has 4 nitrogen and oxygen atoms in total. The van der Waals surface area contributed by atoms with E-state index in [0.717, 1.165) is 44.0 Å². The summed E-state index contributed by atoms with van der Waals surface area (Å²) >= 11 is 0. The van der Waals surface area contributed by atoms with Gasteiger partial charge in [0.25, 0.3) is 0 Å². The van der Waals surface area contributed by atoms with E-state index < -0.39 is 0 Å². The number of carbonyl (C=O) groups excluding carboxylic acids is 1. The summed E-state index contributed by atoms with van der Waals surface area (Å²) in [6, 6.07) is 6.16. The minimum atomic E-state index is 0.117. The van der Waals surface area contributed by atoms with E-state index in [0.29, 0.717) is 12.3 Å². The zero-order valence-electron chi connectivity index (χ0n) is 10.4. The number of amides is 1. The van der Waals surface area contributed by atoms with Crippen LogP contribution in [0.25, 0.3) is 0 Å². The largest absolute Gasteiger partial charge is 0.385 e. The zero-order chi connectivity index (χ0) is 12.4. The predicted octanol–water partition coefficient (Wildman–Crippen LogP) is 2.02. The molecule has 96 valence electrons. The highest BCUT2D eigenvalue weighted by atomic mass is 16.5. The normalized spacial score (nSPS) is 22.4. The number of ether oxygens (including phenoxy) is 1. The molecular weight excluding hydrogens is 228 g/mol. The van der Waals surface area contributed by atoms with Crippen LogP contribution in [0.4, 0.5) is 11.4 Å². The summed E-state index contributed by atoms with van der Waals surface area (Å²) in [5.74, 6) is 0.743. The van der Waals surface area contributed by atoms with Crippen molar-refractivity contribution < 1.29 is 9.53 Å². The molecule has 2 aliphatic rings. The molecule has 0 spiro atoms. The van der Waals surface area contributed by atoms with Gasteiger partial charge in [-0.25, -0.2) is 0 Å². The SMILES string of the molecule is O=C1CCc2cc(NCC3CCOC3)ccc2N1. The molecule has 2 N–H and O–H groups in total. The van der Waals surface area contributed by atoms with Crippen molar-refractivity contribution in [2.24, 2.45) is 5.92 Å². The van der Waals surface area contributed by atoms with Crippen LogP contribution in [0.15, 0.2) is 18.2 Å². The molecule has 1 aromatic rings. The second-order valence-electron chi connectivity index (χ2n) is 5.03. The van der Waals surface area contributed by atoms with Crippen LogP contribution in [0, 0.1) is 5.92 Å². The summed E-state index contributed by atoms with van der Waals surface area (Å²) in [5.41, 5.74) is 3.32. The standard InChI is InChI=1S/C14H18N2O2/c17-14-4-1-11-7-12(2-3-13(11)16-14)15-8-10-5-6-18-9-10/h2-3,7,10,15H,1,4-6,8-9H2,(H,16,17). The average Bonchev–Trinajstić information content (AvgIpc) is 2.89. The molecule has 0 aromatic heterocycles. The lowest BCUT2D eigenvalue weighted by Crippen LogP contribution is -2.19. The number of benzene rings is 1. The monoisotopic (exact) mass is 246 g/mol. The summed E-state index contributed by atoms with van der Waals surface area (Å²) in [6.07, 6.45) is 2.57. The van der Waals surface area contributed by atoms with E-state index in [-0.39, 0.29) is 5.91 Å². The molecule has 3 rings (SSSR count). The van der Waals surface area contributed by atoms with Crippen LogP contribution >= 0.6 is 0 Å². The van der Waals surface area contributed by atoms with Crippen LogP contribution in [-0.4, -0.2) is 25.7 Å². The Labute approximate surface area is 107 Å². The van der Waals surface area contributed by atoms with Crippen molar-refractivity contribution >= 4 is 17.3 Å². The zero-order valence-corrected chi connectivity index (χ0v) is 10.4. The molecule has 0 radical (unpaired) electrons. The molecule has 2 aliphatic heterocycles. The first-order chi connectivity index (χ1) is 8.81. The maximum atomic E-state index is 11.3. The third kappa shape index (κ3) is 2.48. The molecule has 18 heavy (non-hydrogen) atoms. The van der Waals surface area contributed by atoms with Crippen LogP contribution in [0.3, 0.4) is 0 Å². The maximum absolute atomic E-state index is 11.3. The maximum Gasteiger partial charge on any atom is 0.224 e. The molecule has 1 atom stereocenters. The molecule has 1 saturated heterocycles. The lowest BCUT2D eigenvalue weighted by molar-refractivity contribution is -0.116. The Morgan fingerprint density at radius 3 is 3.17 bits per heavy atom.